The van der Waals surface area contributed by atoms with Crippen LogP contribution in [0, 0.1) is 5.92 Å². The third-order valence-electron chi connectivity index (χ3n) is 6.80. The molecular weight excluding hydrogens is 420 g/mol. The lowest BCUT2D eigenvalue weighted by Crippen LogP contribution is -2.46. The van der Waals surface area contributed by atoms with Crippen LogP contribution in [-0.2, 0) is 11.3 Å². The Morgan fingerprint density at radius 2 is 1.76 bits per heavy atom. The summed E-state index contributed by atoms with van der Waals surface area (Å²) >= 11 is 0. The molecule has 0 saturated carbocycles. The zero-order chi connectivity index (χ0) is 22.6. The summed E-state index contributed by atoms with van der Waals surface area (Å²) in [6, 6.07) is 9.88. The highest BCUT2D eigenvalue weighted by atomic mass is 16.7. The molecule has 1 aromatic heterocycles. The number of aromatic nitrogens is 2. The molecule has 0 radical (unpaired) electrons. The minimum atomic E-state index is -0.0589. The largest absolute Gasteiger partial charge is 0.454 e. The number of carbonyl (C=O) groups excluding carboxylic acids is 1. The second kappa shape index (κ2) is 9.82. The monoisotopic (exact) mass is 452 g/mol. The van der Waals surface area contributed by atoms with Crippen LogP contribution in [0.5, 0.6) is 11.5 Å². The van der Waals surface area contributed by atoms with E-state index in [4.69, 9.17) is 9.47 Å². The Bertz CT molecular complexity index is 961. The van der Waals surface area contributed by atoms with Gasteiger partial charge in [-0.25, -0.2) is 0 Å². The van der Waals surface area contributed by atoms with Gasteiger partial charge < -0.3 is 29.5 Å². The molecule has 3 aliphatic heterocycles. The van der Waals surface area contributed by atoms with Gasteiger partial charge in [-0.2, -0.15) is 0 Å². The molecule has 0 aliphatic carbocycles. The van der Waals surface area contributed by atoms with Gasteiger partial charge in [0.05, 0.1) is 5.92 Å². The smallest absolute Gasteiger partial charge is 0.231 e. The van der Waals surface area contributed by atoms with Crippen LogP contribution < -0.4 is 24.6 Å². The summed E-state index contributed by atoms with van der Waals surface area (Å²) in [7, 11) is 0. The first-order valence-corrected chi connectivity index (χ1v) is 11.9. The van der Waals surface area contributed by atoms with E-state index in [2.05, 4.69) is 43.2 Å². The first kappa shape index (κ1) is 21.8. The molecule has 1 aromatic carbocycles. The molecule has 2 aromatic rings. The van der Waals surface area contributed by atoms with Gasteiger partial charge >= 0.3 is 0 Å². The Balaban J connectivity index is 1.14. The number of hydrogen-bond donors (Lipinski definition) is 1. The number of benzene rings is 1. The number of piperazine rings is 1. The molecule has 33 heavy (non-hydrogen) atoms. The maximum atomic E-state index is 12.9. The SMILES string of the molecule is CCN1CCN(c2ccc(N3CCCC(C(=O)NCc4ccc5c(c4)OCO5)C3)nn2)CC1. The van der Waals surface area contributed by atoms with Gasteiger partial charge in [0.25, 0.3) is 0 Å². The number of carbonyl (C=O) groups is 1. The van der Waals surface area contributed by atoms with Gasteiger partial charge in [-0.05, 0) is 49.2 Å². The number of ether oxygens (including phenoxy) is 2. The minimum Gasteiger partial charge on any atom is -0.454 e. The molecule has 1 atom stereocenters. The second-order valence-electron chi connectivity index (χ2n) is 8.86. The number of hydrogen-bond acceptors (Lipinski definition) is 8. The van der Waals surface area contributed by atoms with Crippen LogP contribution >= 0.6 is 0 Å². The van der Waals surface area contributed by atoms with E-state index in [0.29, 0.717) is 13.1 Å². The zero-order valence-electron chi connectivity index (χ0n) is 19.2. The summed E-state index contributed by atoms with van der Waals surface area (Å²) < 4.78 is 10.8. The number of amides is 1. The number of anilines is 2. The fourth-order valence-corrected chi connectivity index (χ4v) is 4.73. The number of fused-ring (bicyclic) bond motifs is 1. The van der Waals surface area contributed by atoms with Crippen LogP contribution in [0.2, 0.25) is 0 Å². The minimum absolute atomic E-state index is 0.0589. The van der Waals surface area contributed by atoms with E-state index in [9.17, 15) is 4.79 Å². The number of rotatable bonds is 6. The molecule has 3 aliphatic rings. The number of nitrogens with zero attached hydrogens (tertiary/aromatic N) is 5. The second-order valence-corrected chi connectivity index (χ2v) is 8.86. The van der Waals surface area contributed by atoms with Crippen molar-refractivity contribution in [3.63, 3.8) is 0 Å². The highest BCUT2D eigenvalue weighted by Gasteiger charge is 2.27. The summed E-state index contributed by atoms with van der Waals surface area (Å²) in [5.41, 5.74) is 1.00. The molecule has 1 N–H and O–H groups in total. The molecule has 0 bridgehead atoms. The quantitative estimate of drug-likeness (QED) is 0.712. The van der Waals surface area contributed by atoms with Gasteiger partial charge in [0.1, 0.15) is 0 Å². The summed E-state index contributed by atoms with van der Waals surface area (Å²) in [5, 5.41) is 12.1. The van der Waals surface area contributed by atoms with Gasteiger partial charge in [0, 0.05) is 45.8 Å². The van der Waals surface area contributed by atoms with Crippen LogP contribution in [0.25, 0.3) is 0 Å². The third-order valence-corrected chi connectivity index (χ3v) is 6.80. The zero-order valence-corrected chi connectivity index (χ0v) is 19.2. The van der Waals surface area contributed by atoms with E-state index in [0.717, 1.165) is 80.8 Å². The molecule has 2 saturated heterocycles. The topological polar surface area (TPSA) is 83.1 Å². The van der Waals surface area contributed by atoms with Crippen molar-refractivity contribution in [3.8, 4) is 11.5 Å². The van der Waals surface area contributed by atoms with Crippen molar-refractivity contribution in [1.82, 2.24) is 20.4 Å². The molecule has 1 amide bonds. The number of piperidine rings is 1. The van der Waals surface area contributed by atoms with Crippen LogP contribution in [0.3, 0.4) is 0 Å². The first-order valence-electron chi connectivity index (χ1n) is 11.9. The lowest BCUT2D eigenvalue weighted by molar-refractivity contribution is -0.125. The van der Waals surface area contributed by atoms with E-state index in [1.54, 1.807) is 0 Å². The van der Waals surface area contributed by atoms with Gasteiger partial charge in [-0.1, -0.05) is 13.0 Å². The van der Waals surface area contributed by atoms with Crippen molar-refractivity contribution in [2.24, 2.45) is 5.92 Å². The Hall–Kier alpha value is -3.07. The fourth-order valence-electron chi connectivity index (χ4n) is 4.73. The lowest BCUT2D eigenvalue weighted by atomic mass is 9.97. The van der Waals surface area contributed by atoms with E-state index in [1.807, 2.05) is 24.3 Å². The Labute approximate surface area is 194 Å². The summed E-state index contributed by atoms with van der Waals surface area (Å²) in [6.07, 6.45) is 1.85. The van der Waals surface area contributed by atoms with Gasteiger partial charge in [-0.3, -0.25) is 4.79 Å². The summed E-state index contributed by atoms with van der Waals surface area (Å²) in [4.78, 5) is 19.8. The van der Waals surface area contributed by atoms with Crippen molar-refractivity contribution in [1.29, 1.82) is 0 Å². The Morgan fingerprint density at radius 1 is 1.00 bits per heavy atom. The molecule has 176 valence electrons. The number of likely N-dealkylation sites (N-methyl/N-ethyl adjacent to an activating group) is 1. The van der Waals surface area contributed by atoms with Crippen LogP contribution in [-0.4, -0.2) is 73.6 Å². The molecule has 9 nitrogen and oxygen atoms in total. The molecule has 5 rings (SSSR count). The first-order chi connectivity index (χ1) is 16.2. The van der Waals surface area contributed by atoms with Gasteiger partial charge in [-0.15, -0.1) is 10.2 Å². The maximum absolute atomic E-state index is 12.9. The van der Waals surface area contributed by atoms with E-state index in [1.165, 1.54) is 0 Å². The van der Waals surface area contributed by atoms with E-state index in [-0.39, 0.29) is 18.6 Å². The van der Waals surface area contributed by atoms with Crippen LogP contribution in [0.4, 0.5) is 11.6 Å². The molecule has 4 heterocycles. The standard InChI is InChI=1S/C24H32N6O3/c1-2-28-10-12-29(13-11-28)22-7-8-23(27-26-22)30-9-3-4-19(16-30)24(31)25-15-18-5-6-20-21(14-18)33-17-32-20/h5-8,14,19H,2-4,9-13,15-17H2,1H3,(H,25,31). The number of nitrogens with one attached hydrogen (secondary N) is 1. The molecular formula is C24H32N6O3. The van der Waals surface area contributed by atoms with Crippen molar-refractivity contribution < 1.29 is 14.3 Å². The maximum Gasteiger partial charge on any atom is 0.231 e. The average molecular weight is 453 g/mol. The predicted octanol–water partition coefficient (Wildman–Crippen LogP) is 1.88. The van der Waals surface area contributed by atoms with Crippen LogP contribution in [0.1, 0.15) is 25.3 Å². The highest BCUT2D eigenvalue weighted by Crippen LogP contribution is 2.32. The predicted molar refractivity (Wildman–Crippen MR) is 126 cm³/mol. The van der Waals surface area contributed by atoms with E-state index < -0.39 is 0 Å². The lowest BCUT2D eigenvalue weighted by Gasteiger charge is -2.35. The summed E-state index contributed by atoms with van der Waals surface area (Å²) in [6.45, 7) is 9.69. The Kier molecular flexibility index (Phi) is 6.48. The normalized spacial score (nSPS) is 20.7. The highest BCUT2D eigenvalue weighted by molar-refractivity contribution is 5.79. The third kappa shape index (κ3) is 4.98. The fraction of sp³-hybridized carbons (Fsp3) is 0.542. The summed E-state index contributed by atoms with van der Waals surface area (Å²) in [5.74, 6) is 3.29. The molecule has 9 heteroatoms. The molecule has 1 unspecified atom stereocenters. The van der Waals surface area contributed by atoms with E-state index >= 15 is 0 Å². The molecule has 2 fully saturated rings. The van der Waals surface area contributed by atoms with Gasteiger partial charge in [0.2, 0.25) is 12.7 Å². The van der Waals surface area contributed by atoms with Gasteiger partial charge in [0.15, 0.2) is 23.1 Å². The Morgan fingerprint density at radius 3 is 2.52 bits per heavy atom. The van der Waals surface area contributed by atoms with Crippen molar-refractivity contribution in [3.05, 3.63) is 35.9 Å². The van der Waals surface area contributed by atoms with Crippen molar-refractivity contribution >= 4 is 17.5 Å². The van der Waals surface area contributed by atoms with Crippen LogP contribution in [0.15, 0.2) is 30.3 Å². The average Bonchev–Trinajstić information content (AvgIpc) is 3.35. The van der Waals surface area contributed by atoms with Crippen molar-refractivity contribution in [2.75, 3.05) is 62.4 Å². The molecule has 0 spiro atoms. The van der Waals surface area contributed by atoms with Crippen molar-refractivity contribution in [2.45, 2.75) is 26.3 Å².